The Morgan fingerprint density at radius 1 is 1.12 bits per heavy atom. The van der Waals surface area contributed by atoms with Crippen molar-refractivity contribution in [1.82, 2.24) is 9.97 Å². The fourth-order valence-electron chi connectivity index (χ4n) is 2.18. The maximum Gasteiger partial charge on any atom is 0.270 e. The summed E-state index contributed by atoms with van der Waals surface area (Å²) in [7, 11) is -3.98. The smallest absolute Gasteiger partial charge is 0.262 e. The van der Waals surface area contributed by atoms with Crippen LogP contribution >= 0.6 is 11.6 Å². The number of alkyl halides is 2. The van der Waals surface area contributed by atoms with Crippen LogP contribution in [0.3, 0.4) is 0 Å². The monoisotopic (exact) mass is 383 g/mol. The van der Waals surface area contributed by atoms with E-state index in [1.165, 1.54) is 6.20 Å². The lowest BCUT2D eigenvalue weighted by Gasteiger charge is -2.12. The van der Waals surface area contributed by atoms with Gasteiger partial charge in [0.2, 0.25) is 0 Å². The van der Waals surface area contributed by atoms with Crippen molar-refractivity contribution in [3.05, 3.63) is 59.2 Å². The van der Waals surface area contributed by atoms with Gasteiger partial charge in [-0.3, -0.25) is 4.72 Å². The van der Waals surface area contributed by atoms with E-state index in [1.54, 1.807) is 18.2 Å². The Balaban J connectivity index is 1.91. The zero-order valence-electron chi connectivity index (χ0n) is 12.9. The fraction of sp³-hybridized carbons (Fsp3) is 0.125. The van der Waals surface area contributed by atoms with Crippen molar-refractivity contribution < 1.29 is 17.2 Å². The molecule has 1 N–H and O–H groups in total. The summed E-state index contributed by atoms with van der Waals surface area (Å²) >= 11 is 5.99. The van der Waals surface area contributed by atoms with Crippen molar-refractivity contribution in [3.8, 4) is 0 Å². The molecule has 1 heterocycles. The molecular weight excluding hydrogens is 372 g/mol. The van der Waals surface area contributed by atoms with E-state index in [4.69, 9.17) is 11.6 Å². The van der Waals surface area contributed by atoms with Crippen LogP contribution in [0.2, 0.25) is 5.02 Å². The third-order valence-corrected chi connectivity index (χ3v) is 5.11. The van der Waals surface area contributed by atoms with Gasteiger partial charge in [0.1, 0.15) is 5.52 Å². The Hall–Kier alpha value is -2.32. The lowest BCUT2D eigenvalue weighted by molar-refractivity contribution is 0.0174. The highest BCUT2D eigenvalue weighted by atomic mass is 35.5. The average Bonchev–Trinajstić information content (AvgIpc) is 2.54. The number of hydrogen-bond acceptors (Lipinski definition) is 4. The van der Waals surface area contributed by atoms with E-state index in [0.717, 1.165) is 31.2 Å². The third-order valence-electron chi connectivity index (χ3n) is 3.43. The summed E-state index contributed by atoms with van der Waals surface area (Å²) in [6.45, 7) is 0.741. The number of sulfonamides is 1. The number of anilines is 1. The molecule has 0 saturated carbocycles. The summed E-state index contributed by atoms with van der Waals surface area (Å²) in [6, 6.07) is 9.32. The second-order valence-corrected chi connectivity index (χ2v) is 7.47. The van der Waals surface area contributed by atoms with Crippen molar-refractivity contribution >= 4 is 38.5 Å². The first kappa shape index (κ1) is 17.5. The number of fused-ring (bicyclic) bond motifs is 1. The van der Waals surface area contributed by atoms with Crippen LogP contribution in [0.5, 0.6) is 0 Å². The van der Waals surface area contributed by atoms with Gasteiger partial charge in [0, 0.05) is 12.5 Å². The molecule has 0 saturated heterocycles. The molecule has 0 radical (unpaired) electrons. The number of para-hydroxylation sites is 1. The minimum absolute atomic E-state index is 0.000311. The van der Waals surface area contributed by atoms with Crippen LogP contribution in [0, 0.1) is 0 Å². The molecule has 0 bridgehead atoms. The molecular formula is C16H12ClF2N3O2S. The van der Waals surface area contributed by atoms with Crippen LogP contribution in [-0.4, -0.2) is 18.4 Å². The Morgan fingerprint density at radius 2 is 1.80 bits per heavy atom. The SMILES string of the molecule is CC(F)(F)c1ccc(S(=O)(=O)Nc2cnc3c(Cl)cccc3n2)cc1. The molecule has 0 unspecified atom stereocenters. The molecule has 0 amide bonds. The van der Waals surface area contributed by atoms with E-state index in [9.17, 15) is 17.2 Å². The Labute approximate surface area is 147 Å². The van der Waals surface area contributed by atoms with Crippen molar-refractivity contribution in [2.24, 2.45) is 0 Å². The lowest BCUT2D eigenvalue weighted by atomic mass is 10.1. The topological polar surface area (TPSA) is 72.0 Å². The van der Waals surface area contributed by atoms with Gasteiger partial charge in [0.15, 0.2) is 5.82 Å². The number of halogens is 3. The van der Waals surface area contributed by atoms with E-state index < -0.39 is 15.9 Å². The first-order valence-electron chi connectivity index (χ1n) is 7.09. The summed E-state index contributed by atoms with van der Waals surface area (Å²) < 4.78 is 53.5. The van der Waals surface area contributed by atoms with Gasteiger partial charge in [0.05, 0.1) is 21.6 Å². The molecule has 0 fully saturated rings. The zero-order chi connectivity index (χ0) is 18.2. The van der Waals surface area contributed by atoms with Crippen molar-refractivity contribution in [3.63, 3.8) is 0 Å². The third kappa shape index (κ3) is 3.69. The highest BCUT2D eigenvalue weighted by Crippen LogP contribution is 2.28. The van der Waals surface area contributed by atoms with Crippen LogP contribution in [0.1, 0.15) is 12.5 Å². The molecule has 0 aliphatic rings. The van der Waals surface area contributed by atoms with Gasteiger partial charge in [-0.25, -0.2) is 27.2 Å². The van der Waals surface area contributed by atoms with E-state index >= 15 is 0 Å². The maximum atomic E-state index is 13.2. The predicted molar refractivity (Wildman–Crippen MR) is 91.4 cm³/mol. The minimum Gasteiger partial charge on any atom is -0.262 e. The molecule has 0 aliphatic heterocycles. The Morgan fingerprint density at radius 3 is 2.44 bits per heavy atom. The Bertz CT molecular complexity index is 1040. The summed E-state index contributed by atoms with van der Waals surface area (Å²) in [5, 5.41) is 0.399. The normalized spacial score (nSPS) is 12.3. The van der Waals surface area contributed by atoms with Crippen LogP contribution < -0.4 is 4.72 Å². The van der Waals surface area contributed by atoms with Gasteiger partial charge in [-0.1, -0.05) is 29.8 Å². The average molecular weight is 384 g/mol. The molecule has 1 aromatic heterocycles. The van der Waals surface area contributed by atoms with Crippen molar-refractivity contribution in [2.45, 2.75) is 17.7 Å². The van der Waals surface area contributed by atoms with Gasteiger partial charge in [0.25, 0.3) is 15.9 Å². The lowest BCUT2D eigenvalue weighted by Crippen LogP contribution is -2.15. The van der Waals surface area contributed by atoms with Crippen LogP contribution in [0.25, 0.3) is 11.0 Å². The maximum absolute atomic E-state index is 13.2. The number of benzene rings is 2. The van der Waals surface area contributed by atoms with Gasteiger partial charge in [-0.2, -0.15) is 0 Å². The fourth-order valence-corrected chi connectivity index (χ4v) is 3.38. The molecule has 3 aromatic rings. The van der Waals surface area contributed by atoms with Crippen molar-refractivity contribution in [1.29, 1.82) is 0 Å². The van der Waals surface area contributed by atoms with Crippen LogP contribution in [-0.2, 0) is 15.9 Å². The van der Waals surface area contributed by atoms with Gasteiger partial charge >= 0.3 is 0 Å². The number of rotatable bonds is 4. The molecule has 3 rings (SSSR count). The number of aromatic nitrogens is 2. The van der Waals surface area contributed by atoms with Crippen LogP contribution in [0.4, 0.5) is 14.6 Å². The van der Waals surface area contributed by atoms with E-state index in [2.05, 4.69) is 14.7 Å². The van der Waals surface area contributed by atoms with Gasteiger partial charge in [-0.15, -0.1) is 0 Å². The summed E-state index contributed by atoms with van der Waals surface area (Å²) in [5.74, 6) is -3.04. The first-order chi connectivity index (χ1) is 11.7. The first-order valence-corrected chi connectivity index (χ1v) is 8.95. The molecule has 9 heteroatoms. The largest absolute Gasteiger partial charge is 0.270 e. The molecule has 25 heavy (non-hydrogen) atoms. The van der Waals surface area contributed by atoms with E-state index in [-0.39, 0.29) is 16.3 Å². The summed E-state index contributed by atoms with van der Waals surface area (Å²) in [5.41, 5.74) is 0.599. The van der Waals surface area contributed by atoms with E-state index in [1.807, 2.05) is 0 Å². The standard InChI is InChI=1S/C16H12ClF2N3O2S/c1-16(18,19)10-5-7-11(8-6-10)25(23,24)22-14-9-20-15-12(17)3-2-4-13(15)21-14/h2-9H,1H3,(H,21,22). The zero-order valence-corrected chi connectivity index (χ0v) is 14.4. The van der Waals surface area contributed by atoms with Gasteiger partial charge in [-0.05, 0) is 24.3 Å². The second kappa shape index (κ2) is 6.20. The van der Waals surface area contributed by atoms with E-state index in [0.29, 0.717) is 16.1 Å². The second-order valence-electron chi connectivity index (χ2n) is 5.38. The molecule has 0 spiro atoms. The Kier molecular flexibility index (Phi) is 4.34. The summed E-state index contributed by atoms with van der Waals surface area (Å²) in [4.78, 5) is 8.07. The number of hydrogen-bond donors (Lipinski definition) is 1. The highest BCUT2D eigenvalue weighted by Gasteiger charge is 2.25. The van der Waals surface area contributed by atoms with Crippen LogP contribution in [0.15, 0.2) is 53.6 Å². The molecule has 5 nitrogen and oxygen atoms in total. The van der Waals surface area contributed by atoms with Crippen molar-refractivity contribution in [2.75, 3.05) is 4.72 Å². The number of nitrogens with zero attached hydrogens (tertiary/aromatic N) is 2. The molecule has 130 valence electrons. The predicted octanol–water partition coefficient (Wildman–Crippen LogP) is 4.20. The molecule has 0 aliphatic carbocycles. The molecule has 2 aromatic carbocycles. The quantitative estimate of drug-likeness (QED) is 0.733. The van der Waals surface area contributed by atoms with Gasteiger partial charge < -0.3 is 0 Å². The minimum atomic E-state index is -3.98. The highest BCUT2D eigenvalue weighted by molar-refractivity contribution is 7.92. The summed E-state index contributed by atoms with van der Waals surface area (Å²) in [6.07, 6.45) is 1.24. The molecule has 0 atom stereocenters. The number of nitrogens with one attached hydrogen (secondary N) is 1.